The molecule has 7 nitrogen and oxygen atoms in total. The number of amides is 1. The Morgan fingerprint density at radius 3 is 2.69 bits per heavy atom. The SMILES string of the molecule is CCOC(=O)c1cccc(NC(=O)CSc2nnc(-c3cccc(C)c3)n2C)c1. The largest absolute Gasteiger partial charge is 0.462 e. The van der Waals surface area contributed by atoms with Crippen LogP contribution in [0.1, 0.15) is 22.8 Å². The number of hydrogen-bond acceptors (Lipinski definition) is 6. The fraction of sp³-hybridized carbons (Fsp3) is 0.238. The number of aromatic nitrogens is 3. The number of aryl methyl sites for hydroxylation is 1. The summed E-state index contributed by atoms with van der Waals surface area (Å²) in [4.78, 5) is 24.1. The molecule has 1 N–H and O–H groups in total. The van der Waals surface area contributed by atoms with Crippen molar-refractivity contribution in [3.05, 3.63) is 59.7 Å². The van der Waals surface area contributed by atoms with Gasteiger partial charge in [0.1, 0.15) is 0 Å². The minimum Gasteiger partial charge on any atom is -0.462 e. The first kappa shape index (κ1) is 20.6. The summed E-state index contributed by atoms with van der Waals surface area (Å²) in [6.07, 6.45) is 0. The van der Waals surface area contributed by atoms with E-state index in [2.05, 4.69) is 15.5 Å². The van der Waals surface area contributed by atoms with Gasteiger partial charge in [0.25, 0.3) is 0 Å². The number of nitrogens with zero attached hydrogens (tertiary/aromatic N) is 3. The highest BCUT2D eigenvalue weighted by atomic mass is 32.2. The third-order valence-electron chi connectivity index (χ3n) is 4.10. The van der Waals surface area contributed by atoms with Gasteiger partial charge in [0.2, 0.25) is 5.91 Å². The molecule has 3 aromatic rings. The highest BCUT2D eigenvalue weighted by Gasteiger charge is 2.14. The molecular weight excluding hydrogens is 388 g/mol. The number of nitrogens with one attached hydrogen (secondary N) is 1. The molecule has 0 atom stereocenters. The van der Waals surface area contributed by atoms with Gasteiger partial charge in [0.05, 0.1) is 17.9 Å². The van der Waals surface area contributed by atoms with Crippen molar-refractivity contribution in [2.75, 3.05) is 17.7 Å². The molecule has 29 heavy (non-hydrogen) atoms. The topological polar surface area (TPSA) is 86.1 Å². The zero-order valence-electron chi connectivity index (χ0n) is 16.5. The predicted molar refractivity (Wildman–Crippen MR) is 113 cm³/mol. The van der Waals surface area contributed by atoms with Crippen LogP contribution in [0.2, 0.25) is 0 Å². The first-order chi connectivity index (χ1) is 14.0. The molecule has 150 valence electrons. The van der Waals surface area contributed by atoms with Gasteiger partial charge in [-0.3, -0.25) is 4.79 Å². The molecule has 0 aliphatic rings. The molecule has 1 aromatic heterocycles. The van der Waals surface area contributed by atoms with Crippen molar-refractivity contribution in [2.24, 2.45) is 7.05 Å². The van der Waals surface area contributed by atoms with Crippen molar-refractivity contribution < 1.29 is 14.3 Å². The predicted octanol–water partition coefficient (Wildman–Crippen LogP) is 3.70. The van der Waals surface area contributed by atoms with Gasteiger partial charge in [-0.15, -0.1) is 10.2 Å². The van der Waals surface area contributed by atoms with Gasteiger partial charge in [-0.2, -0.15) is 0 Å². The van der Waals surface area contributed by atoms with Crippen molar-refractivity contribution in [1.29, 1.82) is 0 Å². The van der Waals surface area contributed by atoms with Gasteiger partial charge < -0.3 is 14.6 Å². The lowest BCUT2D eigenvalue weighted by Crippen LogP contribution is -2.15. The second-order valence-corrected chi connectivity index (χ2v) is 7.32. The molecule has 2 aromatic carbocycles. The molecule has 0 aliphatic heterocycles. The van der Waals surface area contributed by atoms with Gasteiger partial charge >= 0.3 is 5.97 Å². The van der Waals surface area contributed by atoms with Crippen LogP contribution in [0.4, 0.5) is 5.69 Å². The molecule has 1 amide bonds. The third kappa shape index (κ3) is 5.23. The summed E-state index contributed by atoms with van der Waals surface area (Å²) in [5, 5.41) is 11.9. The third-order valence-corrected chi connectivity index (χ3v) is 5.12. The van der Waals surface area contributed by atoms with Crippen LogP contribution >= 0.6 is 11.8 Å². The van der Waals surface area contributed by atoms with Crippen LogP contribution in [0.15, 0.2) is 53.7 Å². The number of thioether (sulfide) groups is 1. The molecule has 0 radical (unpaired) electrons. The quantitative estimate of drug-likeness (QED) is 0.472. The molecule has 8 heteroatoms. The second-order valence-electron chi connectivity index (χ2n) is 6.37. The van der Waals surface area contributed by atoms with Gasteiger partial charge in [0, 0.05) is 18.3 Å². The lowest BCUT2D eigenvalue weighted by molar-refractivity contribution is -0.113. The smallest absolute Gasteiger partial charge is 0.338 e. The Hall–Kier alpha value is -3.13. The summed E-state index contributed by atoms with van der Waals surface area (Å²) in [6.45, 7) is 4.07. The lowest BCUT2D eigenvalue weighted by atomic mass is 10.1. The van der Waals surface area contributed by atoms with E-state index >= 15 is 0 Å². The number of rotatable bonds is 7. The average Bonchev–Trinajstić information content (AvgIpc) is 3.07. The molecule has 3 rings (SSSR count). The Labute approximate surface area is 173 Å². The first-order valence-corrected chi connectivity index (χ1v) is 10.1. The monoisotopic (exact) mass is 410 g/mol. The summed E-state index contributed by atoms with van der Waals surface area (Å²) in [7, 11) is 1.88. The van der Waals surface area contributed by atoms with Crippen LogP contribution in [0.25, 0.3) is 11.4 Å². The van der Waals surface area contributed by atoms with Gasteiger partial charge in [-0.25, -0.2) is 4.79 Å². The van der Waals surface area contributed by atoms with Gasteiger partial charge in [0.15, 0.2) is 11.0 Å². The van der Waals surface area contributed by atoms with E-state index in [9.17, 15) is 9.59 Å². The molecule has 0 spiro atoms. The van der Waals surface area contributed by atoms with E-state index in [1.54, 1.807) is 31.2 Å². The van der Waals surface area contributed by atoms with Crippen LogP contribution in [0, 0.1) is 6.92 Å². The Morgan fingerprint density at radius 2 is 1.93 bits per heavy atom. The van der Waals surface area contributed by atoms with Gasteiger partial charge in [-0.05, 0) is 38.1 Å². The Balaban J connectivity index is 1.62. The Kier molecular flexibility index (Phi) is 6.66. The number of benzene rings is 2. The molecule has 0 unspecified atom stereocenters. The summed E-state index contributed by atoms with van der Waals surface area (Å²) in [6, 6.07) is 14.7. The molecule has 0 saturated heterocycles. The summed E-state index contributed by atoms with van der Waals surface area (Å²) < 4.78 is 6.85. The standard InChI is InChI=1S/C21H22N4O3S/c1-4-28-20(27)16-9-6-10-17(12-16)22-18(26)13-29-21-24-23-19(25(21)3)15-8-5-7-14(2)11-15/h5-12H,4,13H2,1-3H3,(H,22,26). The number of carbonyl (C=O) groups is 2. The zero-order valence-corrected chi connectivity index (χ0v) is 17.3. The van der Waals surface area contributed by atoms with E-state index in [-0.39, 0.29) is 11.7 Å². The summed E-state index contributed by atoms with van der Waals surface area (Å²) in [5.41, 5.74) is 3.06. The normalized spacial score (nSPS) is 10.6. The van der Waals surface area contributed by atoms with E-state index < -0.39 is 5.97 Å². The maximum Gasteiger partial charge on any atom is 0.338 e. The average molecular weight is 410 g/mol. The zero-order chi connectivity index (χ0) is 20.8. The van der Waals surface area contributed by atoms with Crippen LogP contribution in [-0.2, 0) is 16.6 Å². The van der Waals surface area contributed by atoms with Crippen molar-refractivity contribution >= 4 is 29.3 Å². The molecule has 0 fully saturated rings. The van der Waals surface area contributed by atoms with E-state index in [0.717, 1.165) is 17.0 Å². The minimum atomic E-state index is -0.416. The second kappa shape index (κ2) is 9.38. The molecule has 0 bridgehead atoms. The molecular formula is C21H22N4O3S. The lowest BCUT2D eigenvalue weighted by Gasteiger charge is -2.07. The minimum absolute atomic E-state index is 0.170. The van der Waals surface area contributed by atoms with Crippen LogP contribution < -0.4 is 5.32 Å². The van der Waals surface area contributed by atoms with Crippen molar-refractivity contribution in [3.63, 3.8) is 0 Å². The van der Waals surface area contributed by atoms with E-state index in [4.69, 9.17) is 4.74 Å². The molecule has 0 saturated carbocycles. The van der Waals surface area contributed by atoms with E-state index in [0.29, 0.717) is 23.0 Å². The van der Waals surface area contributed by atoms with Crippen LogP contribution in [-0.4, -0.2) is 39.0 Å². The maximum atomic E-state index is 12.3. The Bertz CT molecular complexity index is 1030. The van der Waals surface area contributed by atoms with Crippen molar-refractivity contribution in [2.45, 2.75) is 19.0 Å². The summed E-state index contributed by atoms with van der Waals surface area (Å²) in [5.74, 6) is 0.305. The first-order valence-electron chi connectivity index (χ1n) is 9.14. The van der Waals surface area contributed by atoms with Crippen molar-refractivity contribution in [1.82, 2.24) is 14.8 Å². The Morgan fingerprint density at radius 1 is 1.14 bits per heavy atom. The number of esters is 1. The van der Waals surface area contributed by atoms with Crippen LogP contribution in [0.3, 0.4) is 0 Å². The molecule has 1 heterocycles. The molecule has 0 aliphatic carbocycles. The highest BCUT2D eigenvalue weighted by molar-refractivity contribution is 7.99. The maximum absolute atomic E-state index is 12.3. The number of hydrogen-bond donors (Lipinski definition) is 1. The van der Waals surface area contributed by atoms with Crippen LogP contribution in [0.5, 0.6) is 0 Å². The number of anilines is 1. The number of carbonyl (C=O) groups excluding carboxylic acids is 2. The van der Waals surface area contributed by atoms with E-state index in [1.165, 1.54) is 11.8 Å². The van der Waals surface area contributed by atoms with E-state index in [1.807, 2.05) is 42.8 Å². The number of ether oxygens (including phenoxy) is 1. The fourth-order valence-electron chi connectivity index (χ4n) is 2.74. The van der Waals surface area contributed by atoms with Gasteiger partial charge in [-0.1, -0.05) is 41.6 Å². The highest BCUT2D eigenvalue weighted by Crippen LogP contribution is 2.23. The van der Waals surface area contributed by atoms with Crippen molar-refractivity contribution in [3.8, 4) is 11.4 Å². The summed E-state index contributed by atoms with van der Waals surface area (Å²) >= 11 is 1.30. The fourth-order valence-corrected chi connectivity index (χ4v) is 3.45.